The van der Waals surface area contributed by atoms with E-state index >= 15 is 0 Å². The Kier molecular flexibility index (Phi) is 11.9. The van der Waals surface area contributed by atoms with E-state index < -0.39 is 20.2 Å². The molecule has 11 heteroatoms. The Morgan fingerprint density at radius 1 is 0.806 bits per heavy atom. The molecule has 2 aromatic carbocycles. The van der Waals surface area contributed by atoms with E-state index in [4.69, 9.17) is 9.11 Å². The summed E-state index contributed by atoms with van der Waals surface area (Å²) >= 11 is 0. The third-order valence-corrected chi connectivity index (χ3v) is 5.56. The quantitative estimate of drug-likeness (QED) is 0.313. The minimum Gasteiger partial charge on any atom is -0.282 e. The molecule has 0 atom stereocenters. The van der Waals surface area contributed by atoms with Crippen LogP contribution in [-0.2, 0) is 50.9 Å². The molecule has 8 nitrogen and oxygen atoms in total. The smallest absolute Gasteiger partial charge is 0.282 e. The molecule has 0 saturated carbocycles. The predicted molar refractivity (Wildman–Crippen MR) is 113 cm³/mol. The molecule has 1 aromatic heterocycles. The van der Waals surface area contributed by atoms with Gasteiger partial charge in [-0.15, -0.1) is 0 Å². The number of rotatable bonds is 3. The van der Waals surface area contributed by atoms with Crippen LogP contribution in [0.15, 0.2) is 77.0 Å². The number of aromatic nitrogens is 2. The Labute approximate surface area is 194 Å². The van der Waals surface area contributed by atoms with Crippen LogP contribution in [0, 0.1) is 13.8 Å². The SMILES string of the molecule is CCn1cc[n+](C)c1.Cc1ccc(S(=O)(=O)O)cc1.Cc1ccc(S(=O)(=O)O)cc1.[Cu]. The minimum absolute atomic E-state index is 0. The van der Waals surface area contributed by atoms with E-state index in [0.29, 0.717) is 0 Å². The van der Waals surface area contributed by atoms with Crippen LogP contribution < -0.4 is 4.57 Å². The number of aryl methyl sites for hydroxylation is 4. The Morgan fingerprint density at radius 3 is 1.35 bits per heavy atom. The van der Waals surface area contributed by atoms with Gasteiger partial charge in [0.2, 0.25) is 6.33 Å². The van der Waals surface area contributed by atoms with E-state index in [2.05, 4.69) is 24.0 Å². The molecule has 1 radical (unpaired) electrons. The maximum atomic E-state index is 10.5. The summed E-state index contributed by atoms with van der Waals surface area (Å²) < 4.78 is 63.3. The number of hydrogen-bond acceptors (Lipinski definition) is 4. The monoisotopic (exact) mass is 518 g/mol. The third kappa shape index (κ3) is 11.3. The maximum Gasteiger partial charge on any atom is 0.294 e. The number of imidazole rings is 1. The summed E-state index contributed by atoms with van der Waals surface area (Å²) in [4.78, 5) is -0.133. The Hall–Kier alpha value is -2.01. The fourth-order valence-corrected chi connectivity index (χ4v) is 3.07. The van der Waals surface area contributed by atoms with Gasteiger partial charge < -0.3 is 0 Å². The molecular weight excluding hydrogens is 492 g/mol. The van der Waals surface area contributed by atoms with Crippen molar-refractivity contribution in [2.45, 2.75) is 37.1 Å². The van der Waals surface area contributed by atoms with Crippen LogP contribution in [0.25, 0.3) is 0 Å². The van der Waals surface area contributed by atoms with Crippen molar-refractivity contribution in [2.75, 3.05) is 0 Å². The van der Waals surface area contributed by atoms with Gasteiger partial charge in [0, 0.05) is 17.1 Å². The summed E-state index contributed by atoms with van der Waals surface area (Å²) in [5.74, 6) is 0. The first-order valence-electron chi connectivity index (χ1n) is 8.92. The Bertz CT molecular complexity index is 1070. The second-order valence-corrected chi connectivity index (χ2v) is 9.33. The van der Waals surface area contributed by atoms with Crippen molar-refractivity contribution in [3.05, 3.63) is 78.4 Å². The Balaban J connectivity index is 0.000000434. The second-order valence-electron chi connectivity index (χ2n) is 6.49. The van der Waals surface area contributed by atoms with Crippen molar-refractivity contribution < 1.29 is 47.6 Å². The van der Waals surface area contributed by atoms with Crippen LogP contribution in [-0.4, -0.2) is 30.5 Å². The van der Waals surface area contributed by atoms with Crippen molar-refractivity contribution in [1.82, 2.24) is 4.57 Å². The summed E-state index contributed by atoms with van der Waals surface area (Å²) in [6, 6.07) is 12.0. The van der Waals surface area contributed by atoms with Gasteiger partial charge >= 0.3 is 0 Å². The predicted octanol–water partition coefficient (Wildman–Crippen LogP) is 2.81. The molecule has 3 aromatic rings. The van der Waals surface area contributed by atoms with Gasteiger partial charge in [0.1, 0.15) is 12.4 Å². The van der Waals surface area contributed by atoms with Crippen LogP contribution >= 0.6 is 0 Å². The first-order valence-corrected chi connectivity index (χ1v) is 11.8. The summed E-state index contributed by atoms with van der Waals surface area (Å²) in [7, 11) is -6.02. The zero-order chi connectivity index (χ0) is 22.9. The van der Waals surface area contributed by atoms with Gasteiger partial charge in [-0.3, -0.25) is 9.11 Å². The fraction of sp³-hybridized carbons (Fsp3) is 0.250. The molecule has 0 aliphatic carbocycles. The van der Waals surface area contributed by atoms with Crippen LogP contribution in [0.2, 0.25) is 0 Å². The zero-order valence-electron chi connectivity index (χ0n) is 17.6. The van der Waals surface area contributed by atoms with Crippen LogP contribution in [0.1, 0.15) is 18.1 Å². The van der Waals surface area contributed by atoms with Crippen molar-refractivity contribution in [1.29, 1.82) is 0 Å². The molecule has 1 heterocycles. The van der Waals surface area contributed by atoms with Crippen molar-refractivity contribution in [3.63, 3.8) is 0 Å². The van der Waals surface area contributed by atoms with Gasteiger partial charge in [-0.2, -0.15) is 16.8 Å². The molecule has 175 valence electrons. The Morgan fingerprint density at radius 2 is 1.16 bits per heavy atom. The molecule has 31 heavy (non-hydrogen) atoms. The van der Waals surface area contributed by atoms with Crippen molar-refractivity contribution >= 4 is 20.2 Å². The zero-order valence-corrected chi connectivity index (χ0v) is 20.2. The topological polar surface area (TPSA) is 118 Å². The average molecular weight is 519 g/mol. The molecule has 0 spiro atoms. The molecular formula is C20H27CuN2O6S2+. The third-order valence-electron chi connectivity index (χ3n) is 3.83. The van der Waals surface area contributed by atoms with E-state index in [1.54, 1.807) is 24.3 Å². The van der Waals surface area contributed by atoms with E-state index in [9.17, 15) is 16.8 Å². The van der Waals surface area contributed by atoms with Gasteiger partial charge in [0.15, 0.2) is 0 Å². The summed E-state index contributed by atoms with van der Waals surface area (Å²) in [5.41, 5.74) is 1.91. The summed E-state index contributed by atoms with van der Waals surface area (Å²) in [6.07, 6.45) is 6.14. The second kappa shape index (κ2) is 12.7. The number of hydrogen-bond donors (Lipinski definition) is 2. The number of benzene rings is 2. The van der Waals surface area contributed by atoms with Crippen molar-refractivity contribution in [2.24, 2.45) is 7.05 Å². The largest absolute Gasteiger partial charge is 0.294 e. The van der Waals surface area contributed by atoms with Gasteiger partial charge in [-0.05, 0) is 45.0 Å². The fourth-order valence-electron chi connectivity index (χ4n) is 2.11. The van der Waals surface area contributed by atoms with E-state index in [0.717, 1.165) is 17.7 Å². The minimum atomic E-state index is -4.02. The maximum absolute atomic E-state index is 10.5. The van der Waals surface area contributed by atoms with Gasteiger partial charge in [0.05, 0.1) is 23.4 Å². The van der Waals surface area contributed by atoms with Gasteiger partial charge in [0.25, 0.3) is 20.2 Å². The van der Waals surface area contributed by atoms with E-state index in [1.807, 2.05) is 31.7 Å². The summed E-state index contributed by atoms with van der Waals surface area (Å²) in [5, 5.41) is 0. The van der Waals surface area contributed by atoms with Crippen LogP contribution in [0.5, 0.6) is 0 Å². The molecule has 0 amide bonds. The van der Waals surface area contributed by atoms with Gasteiger partial charge in [-0.1, -0.05) is 35.4 Å². The molecule has 0 fully saturated rings. The molecule has 2 N–H and O–H groups in total. The standard InChI is InChI=1S/2C7H8O3S.C6H11N2.Cu/c2*1-6-2-4-7(5-3-6)11(8,9)10;1-3-8-5-4-7(2)6-8;/h2*2-5H,1H3,(H,8,9,10);4-6H,3H2,1-2H3;/q;;+1;. The van der Waals surface area contributed by atoms with Gasteiger partial charge in [-0.25, -0.2) is 9.13 Å². The van der Waals surface area contributed by atoms with Crippen LogP contribution in [0.3, 0.4) is 0 Å². The first kappa shape index (κ1) is 29.0. The summed E-state index contributed by atoms with van der Waals surface area (Å²) in [6.45, 7) is 6.86. The van der Waals surface area contributed by atoms with Crippen LogP contribution in [0.4, 0.5) is 0 Å². The molecule has 0 saturated heterocycles. The molecule has 0 aliphatic heterocycles. The number of nitrogens with zero attached hydrogens (tertiary/aromatic N) is 2. The van der Waals surface area contributed by atoms with E-state index in [-0.39, 0.29) is 26.9 Å². The molecule has 0 aliphatic rings. The first-order chi connectivity index (χ1) is 13.8. The van der Waals surface area contributed by atoms with Crippen molar-refractivity contribution in [3.8, 4) is 0 Å². The van der Waals surface area contributed by atoms with E-state index in [1.165, 1.54) is 24.3 Å². The average Bonchev–Trinajstić information content (AvgIpc) is 3.08. The molecule has 0 unspecified atom stereocenters. The molecule has 0 bridgehead atoms. The normalized spacial score (nSPS) is 10.6. The molecule has 3 rings (SSSR count).